The van der Waals surface area contributed by atoms with Crippen LogP contribution in [-0.4, -0.2) is 59.3 Å². The lowest BCUT2D eigenvalue weighted by Crippen LogP contribution is -2.53. The van der Waals surface area contributed by atoms with Crippen molar-refractivity contribution < 1.29 is 43.2 Å². The lowest BCUT2D eigenvalue weighted by Gasteiger charge is -2.36. The number of carbonyl (C=O) groups excluding carboxylic acids is 2. The summed E-state index contributed by atoms with van der Waals surface area (Å²) in [5.74, 6) is 3.26. The Balaban J connectivity index is 0.00000195. The predicted molar refractivity (Wildman–Crippen MR) is 227 cm³/mol. The lowest BCUT2D eigenvalue weighted by atomic mass is 9.92. The van der Waals surface area contributed by atoms with E-state index in [0.717, 1.165) is 50.6 Å². The standard InChI is InChI=1S/C45H45Cl2N3O7.CH2O2/c1-27(2)24-55-45(52)50-23-34-22-42-41(54-26-43(57-42)32-8-12-35(13-9-32)53-25-31-7-14-37(46)38(47)19-31)21-33(34)20-39(50)44(51)49-17-15-30-5-10-36(11-6-30)56-40-16-18-48-29(4)28(40)3;2-1-3/h5-14,16,18-19,21-22,27,39,43H,15,17,20,23-26H2,1-4H3,(H,49,51);1H,(H,2,3). The monoisotopic (exact) mass is 855 g/mol. The second-order valence-corrected chi connectivity index (χ2v) is 15.6. The van der Waals surface area contributed by atoms with Crippen molar-refractivity contribution in [2.24, 2.45) is 5.92 Å². The molecule has 4 aromatic carbocycles. The number of carbonyl (C=O) groups is 3. The van der Waals surface area contributed by atoms with Crippen LogP contribution in [0, 0.1) is 19.8 Å². The molecule has 7 rings (SSSR count). The van der Waals surface area contributed by atoms with Crippen molar-refractivity contribution in [3.05, 3.63) is 140 Å². The molecule has 314 valence electrons. The normalized spacial score (nSPS) is 15.2. The number of aryl methyl sites for hydroxylation is 1. The number of halogens is 2. The van der Waals surface area contributed by atoms with E-state index >= 15 is 0 Å². The Morgan fingerprint density at radius 1 is 0.933 bits per heavy atom. The number of amides is 2. The van der Waals surface area contributed by atoms with Gasteiger partial charge >= 0.3 is 6.09 Å². The number of nitrogens with one attached hydrogen (secondary N) is 1. The van der Waals surface area contributed by atoms with Crippen molar-refractivity contribution in [2.45, 2.75) is 65.8 Å². The maximum absolute atomic E-state index is 13.8. The van der Waals surface area contributed by atoms with Gasteiger partial charge in [-0.2, -0.15) is 0 Å². The number of hydrogen-bond acceptors (Lipinski definition) is 9. The molecule has 0 saturated carbocycles. The molecule has 2 unspecified atom stereocenters. The molecule has 1 aromatic heterocycles. The fourth-order valence-corrected chi connectivity index (χ4v) is 6.98. The van der Waals surface area contributed by atoms with Crippen LogP contribution in [0.25, 0.3) is 0 Å². The number of nitrogens with zero attached hydrogens (tertiary/aromatic N) is 2. The van der Waals surface area contributed by atoms with Gasteiger partial charge in [0, 0.05) is 30.4 Å². The average Bonchev–Trinajstić information content (AvgIpc) is 3.24. The number of fused-ring (bicyclic) bond motifs is 2. The number of ether oxygens (including phenoxy) is 5. The quantitative estimate of drug-likeness (QED) is 0.116. The first-order chi connectivity index (χ1) is 28.9. The molecule has 0 spiro atoms. The first kappa shape index (κ1) is 43.6. The minimum absolute atomic E-state index is 0.144. The number of rotatable bonds is 12. The predicted octanol–water partition coefficient (Wildman–Crippen LogP) is 9.47. The van der Waals surface area contributed by atoms with Crippen LogP contribution in [0.15, 0.2) is 91.1 Å². The topological polar surface area (TPSA) is 146 Å². The van der Waals surface area contributed by atoms with Crippen LogP contribution in [0.3, 0.4) is 0 Å². The molecule has 5 aromatic rings. The van der Waals surface area contributed by atoms with Crippen LogP contribution >= 0.6 is 23.2 Å². The molecule has 14 heteroatoms. The number of hydrogen-bond donors (Lipinski definition) is 2. The van der Waals surface area contributed by atoms with E-state index in [1.54, 1.807) is 18.3 Å². The number of pyridine rings is 1. The van der Waals surface area contributed by atoms with Crippen molar-refractivity contribution in [2.75, 3.05) is 19.8 Å². The van der Waals surface area contributed by atoms with Crippen molar-refractivity contribution in [1.82, 2.24) is 15.2 Å². The van der Waals surface area contributed by atoms with E-state index in [4.69, 9.17) is 56.8 Å². The third-order valence-corrected chi connectivity index (χ3v) is 10.8. The molecule has 2 aliphatic rings. The van der Waals surface area contributed by atoms with E-state index in [9.17, 15) is 9.59 Å². The zero-order valence-electron chi connectivity index (χ0n) is 33.8. The largest absolute Gasteiger partial charge is 0.489 e. The van der Waals surface area contributed by atoms with Crippen LogP contribution in [0.1, 0.15) is 59.0 Å². The number of aromatic nitrogens is 1. The molecule has 2 aliphatic heterocycles. The molecule has 0 saturated heterocycles. The number of benzene rings is 4. The van der Waals surface area contributed by atoms with Gasteiger partial charge in [-0.05, 0) is 109 Å². The second kappa shape index (κ2) is 20.3. The fraction of sp³-hybridized carbons (Fsp3) is 0.304. The van der Waals surface area contributed by atoms with Gasteiger partial charge in [0.15, 0.2) is 17.6 Å². The van der Waals surface area contributed by atoms with Crippen molar-refractivity contribution >= 4 is 41.7 Å². The maximum atomic E-state index is 13.8. The first-order valence-corrected chi connectivity index (χ1v) is 20.3. The summed E-state index contributed by atoms with van der Waals surface area (Å²) in [5, 5.41) is 10.9. The van der Waals surface area contributed by atoms with Gasteiger partial charge in [0.05, 0.1) is 23.2 Å². The molecule has 60 heavy (non-hydrogen) atoms. The molecule has 0 aliphatic carbocycles. The highest BCUT2D eigenvalue weighted by Gasteiger charge is 2.37. The minimum atomic E-state index is -0.757. The zero-order chi connectivity index (χ0) is 42.8. The average molecular weight is 857 g/mol. The highest BCUT2D eigenvalue weighted by molar-refractivity contribution is 6.42. The molecule has 2 amide bonds. The highest BCUT2D eigenvalue weighted by Crippen LogP contribution is 2.41. The molecule has 2 N–H and O–H groups in total. The Labute approximate surface area is 359 Å². The lowest BCUT2D eigenvalue weighted by molar-refractivity contribution is -0.126. The van der Waals surface area contributed by atoms with E-state index in [0.29, 0.717) is 59.9 Å². The molecule has 2 atom stereocenters. The summed E-state index contributed by atoms with van der Waals surface area (Å²) in [5.41, 5.74) is 6.58. The van der Waals surface area contributed by atoms with E-state index < -0.39 is 12.1 Å². The first-order valence-electron chi connectivity index (χ1n) is 19.5. The van der Waals surface area contributed by atoms with Crippen molar-refractivity contribution in [3.63, 3.8) is 0 Å². The summed E-state index contributed by atoms with van der Waals surface area (Å²) in [6.07, 6.45) is 1.76. The molecular weight excluding hydrogens is 809 g/mol. The third-order valence-electron chi connectivity index (χ3n) is 10.0. The zero-order valence-corrected chi connectivity index (χ0v) is 35.3. The Morgan fingerprint density at radius 2 is 1.63 bits per heavy atom. The summed E-state index contributed by atoms with van der Waals surface area (Å²) in [6.45, 7) is 9.12. The Morgan fingerprint density at radius 3 is 2.35 bits per heavy atom. The SMILES string of the molecule is Cc1nccc(Oc2ccc(CCNC(=O)C3Cc4cc5c(cc4CN3C(=O)OCC(C)C)OC(c3ccc(OCc4ccc(Cl)c(Cl)c4)cc3)CO5)cc2)c1C.O=CO. The van der Waals surface area contributed by atoms with Crippen LogP contribution in [-0.2, 0) is 40.3 Å². The van der Waals surface area contributed by atoms with Gasteiger partial charge in [-0.3, -0.25) is 19.5 Å². The van der Waals surface area contributed by atoms with E-state index in [1.807, 2.05) is 100 Å². The molecule has 0 bridgehead atoms. The molecule has 0 radical (unpaired) electrons. The Hall–Kier alpha value is -5.98. The fourth-order valence-electron chi connectivity index (χ4n) is 6.66. The molecular formula is C46H47Cl2N3O9. The highest BCUT2D eigenvalue weighted by atomic mass is 35.5. The van der Waals surface area contributed by atoms with Crippen LogP contribution in [0.4, 0.5) is 4.79 Å². The third kappa shape index (κ3) is 11.2. The summed E-state index contributed by atoms with van der Waals surface area (Å²) in [6, 6.07) is 25.8. The van der Waals surface area contributed by atoms with Gasteiger partial charge in [0.2, 0.25) is 5.91 Å². The van der Waals surface area contributed by atoms with Gasteiger partial charge < -0.3 is 34.1 Å². The van der Waals surface area contributed by atoms with Crippen LogP contribution in [0.5, 0.6) is 28.7 Å². The van der Waals surface area contributed by atoms with Crippen molar-refractivity contribution in [1.29, 1.82) is 0 Å². The Bertz CT molecular complexity index is 2290. The van der Waals surface area contributed by atoms with Crippen molar-refractivity contribution in [3.8, 4) is 28.7 Å². The van der Waals surface area contributed by atoms with Crippen LogP contribution < -0.4 is 24.3 Å². The van der Waals surface area contributed by atoms with E-state index in [1.165, 1.54) is 4.90 Å². The molecule has 12 nitrogen and oxygen atoms in total. The van der Waals surface area contributed by atoms with Gasteiger partial charge in [-0.25, -0.2) is 4.79 Å². The summed E-state index contributed by atoms with van der Waals surface area (Å²) in [4.78, 5) is 41.4. The summed E-state index contributed by atoms with van der Waals surface area (Å²) >= 11 is 12.2. The van der Waals surface area contributed by atoms with Crippen LogP contribution in [0.2, 0.25) is 10.0 Å². The summed E-state index contributed by atoms with van der Waals surface area (Å²) < 4.78 is 30.3. The maximum Gasteiger partial charge on any atom is 0.410 e. The van der Waals surface area contributed by atoms with Gasteiger partial charge in [0.1, 0.15) is 36.5 Å². The van der Waals surface area contributed by atoms with E-state index in [-0.39, 0.29) is 37.6 Å². The summed E-state index contributed by atoms with van der Waals surface area (Å²) in [7, 11) is 0. The van der Waals surface area contributed by atoms with Gasteiger partial charge in [-0.15, -0.1) is 0 Å². The molecule has 0 fully saturated rings. The number of carboxylic acid groups (broad SMARTS) is 1. The Kier molecular flexibility index (Phi) is 14.8. The van der Waals surface area contributed by atoms with Gasteiger partial charge in [-0.1, -0.05) is 67.4 Å². The minimum Gasteiger partial charge on any atom is -0.489 e. The smallest absolute Gasteiger partial charge is 0.410 e. The second-order valence-electron chi connectivity index (χ2n) is 14.8. The van der Waals surface area contributed by atoms with E-state index in [2.05, 4.69) is 10.3 Å². The van der Waals surface area contributed by atoms with Gasteiger partial charge in [0.25, 0.3) is 6.47 Å². The molecule has 3 heterocycles.